The first-order chi connectivity index (χ1) is 11.6. The Balaban J connectivity index is 1.62. The van der Waals surface area contributed by atoms with Gasteiger partial charge in [0.1, 0.15) is 17.5 Å². The average Bonchev–Trinajstić information content (AvgIpc) is 2.96. The van der Waals surface area contributed by atoms with Crippen molar-refractivity contribution in [2.75, 3.05) is 26.2 Å². The highest BCUT2D eigenvalue weighted by Crippen LogP contribution is 2.28. The Morgan fingerprint density at radius 1 is 1.25 bits per heavy atom. The molecule has 0 spiro atoms. The molecule has 1 unspecified atom stereocenters. The molecule has 0 aliphatic carbocycles. The molecule has 0 amide bonds. The maximum absolute atomic E-state index is 14.1. The fourth-order valence-electron chi connectivity index (χ4n) is 3.27. The fourth-order valence-corrected chi connectivity index (χ4v) is 3.27. The van der Waals surface area contributed by atoms with Crippen molar-refractivity contribution in [2.24, 2.45) is 0 Å². The van der Waals surface area contributed by atoms with Gasteiger partial charge in [-0.05, 0) is 12.5 Å². The van der Waals surface area contributed by atoms with E-state index in [2.05, 4.69) is 25.0 Å². The number of halogens is 2. The van der Waals surface area contributed by atoms with Crippen LogP contribution in [0.15, 0.2) is 23.0 Å². The lowest BCUT2D eigenvalue weighted by Gasteiger charge is -2.39. The van der Waals surface area contributed by atoms with E-state index in [0.29, 0.717) is 17.9 Å². The molecule has 1 atom stereocenters. The van der Waals surface area contributed by atoms with Crippen molar-refractivity contribution in [3.63, 3.8) is 0 Å². The van der Waals surface area contributed by atoms with E-state index in [0.717, 1.165) is 38.7 Å². The Morgan fingerprint density at radius 2 is 2.00 bits per heavy atom. The summed E-state index contributed by atoms with van der Waals surface area (Å²) >= 11 is 0. The number of benzene rings is 1. The summed E-state index contributed by atoms with van der Waals surface area (Å²) in [6.45, 7) is 5.75. The predicted molar refractivity (Wildman–Crippen MR) is 85.4 cm³/mol. The van der Waals surface area contributed by atoms with Crippen molar-refractivity contribution in [1.29, 1.82) is 0 Å². The van der Waals surface area contributed by atoms with Crippen molar-refractivity contribution >= 4 is 0 Å². The smallest absolute Gasteiger partial charge is 0.294 e. The lowest BCUT2D eigenvalue weighted by atomic mass is 10.0. The van der Waals surface area contributed by atoms with Crippen LogP contribution in [0, 0.1) is 11.6 Å². The Labute approximate surface area is 138 Å². The Bertz CT molecular complexity index is 736. The van der Waals surface area contributed by atoms with Crippen LogP contribution in [-0.2, 0) is 6.54 Å². The summed E-state index contributed by atoms with van der Waals surface area (Å²) in [6, 6.07) is 3.74. The van der Waals surface area contributed by atoms with Gasteiger partial charge in [0.05, 0.1) is 6.54 Å². The number of rotatable bonds is 5. The van der Waals surface area contributed by atoms with Crippen LogP contribution in [0.5, 0.6) is 0 Å². The van der Waals surface area contributed by atoms with Crippen LogP contribution in [0.1, 0.15) is 30.8 Å². The van der Waals surface area contributed by atoms with Crippen molar-refractivity contribution in [1.82, 2.24) is 25.0 Å². The van der Waals surface area contributed by atoms with Gasteiger partial charge in [0.15, 0.2) is 0 Å². The van der Waals surface area contributed by atoms with E-state index in [1.165, 1.54) is 6.07 Å². The third kappa shape index (κ3) is 3.70. The molecule has 130 valence electrons. The van der Waals surface area contributed by atoms with Gasteiger partial charge in [-0.2, -0.15) is 5.10 Å². The van der Waals surface area contributed by atoms with Gasteiger partial charge >= 0.3 is 5.69 Å². The highest BCUT2D eigenvalue weighted by atomic mass is 19.1. The van der Waals surface area contributed by atoms with E-state index < -0.39 is 11.6 Å². The average molecular weight is 337 g/mol. The zero-order valence-corrected chi connectivity index (χ0v) is 13.6. The first-order valence-electron chi connectivity index (χ1n) is 8.11. The van der Waals surface area contributed by atoms with Crippen LogP contribution in [-0.4, -0.2) is 51.2 Å². The molecule has 1 aromatic carbocycles. The fraction of sp³-hybridized carbons (Fsp3) is 0.500. The van der Waals surface area contributed by atoms with Crippen molar-refractivity contribution in [3.05, 3.63) is 51.7 Å². The van der Waals surface area contributed by atoms with Crippen LogP contribution in [0.2, 0.25) is 0 Å². The van der Waals surface area contributed by atoms with Crippen LogP contribution < -0.4 is 5.69 Å². The monoisotopic (exact) mass is 337 g/mol. The van der Waals surface area contributed by atoms with E-state index in [1.54, 1.807) is 6.07 Å². The van der Waals surface area contributed by atoms with Crippen molar-refractivity contribution in [3.8, 4) is 0 Å². The number of aromatic nitrogens is 3. The van der Waals surface area contributed by atoms with Crippen LogP contribution in [0.4, 0.5) is 8.78 Å². The quantitative estimate of drug-likeness (QED) is 0.870. The van der Waals surface area contributed by atoms with Gasteiger partial charge in [-0.25, -0.2) is 18.7 Å². The molecule has 0 saturated carbocycles. The molecule has 2 heterocycles. The van der Waals surface area contributed by atoms with Crippen molar-refractivity contribution < 1.29 is 8.78 Å². The zero-order chi connectivity index (χ0) is 17.1. The van der Waals surface area contributed by atoms with Crippen LogP contribution >= 0.6 is 0 Å². The van der Waals surface area contributed by atoms with Gasteiger partial charge in [0.25, 0.3) is 0 Å². The zero-order valence-electron chi connectivity index (χ0n) is 13.6. The van der Waals surface area contributed by atoms with Gasteiger partial charge in [0, 0.05) is 43.9 Å². The Morgan fingerprint density at radius 3 is 2.58 bits per heavy atom. The number of piperazine rings is 1. The lowest BCUT2D eigenvalue weighted by Crippen LogP contribution is -2.47. The van der Waals surface area contributed by atoms with Gasteiger partial charge in [-0.3, -0.25) is 14.8 Å². The molecule has 1 aromatic heterocycles. The summed E-state index contributed by atoms with van der Waals surface area (Å²) in [6.07, 6.45) is 0.759. The predicted octanol–water partition coefficient (Wildman–Crippen LogP) is 1.65. The molecule has 1 aliphatic heterocycles. The van der Waals surface area contributed by atoms with Gasteiger partial charge < -0.3 is 0 Å². The number of nitrogens with one attached hydrogen (secondary N) is 2. The topological polar surface area (TPSA) is 68.0 Å². The second-order valence-corrected chi connectivity index (χ2v) is 6.03. The minimum atomic E-state index is -0.552. The van der Waals surface area contributed by atoms with Crippen molar-refractivity contribution in [2.45, 2.75) is 25.9 Å². The molecule has 8 heteroatoms. The van der Waals surface area contributed by atoms with E-state index in [-0.39, 0.29) is 11.7 Å². The first-order valence-corrected chi connectivity index (χ1v) is 8.11. The molecule has 1 saturated heterocycles. The van der Waals surface area contributed by atoms with Gasteiger partial charge in [-0.1, -0.05) is 13.0 Å². The standard InChI is InChI=1S/C16H21F2N5O/c1-2-14(12-4-3-11(17)9-13(12)18)23-7-5-22(6-8-23)10-15-19-16(24)21-20-15/h3-4,9,14H,2,5-8,10H2,1H3,(H2,19,20,21,24). The SMILES string of the molecule is CCC(c1ccc(F)cc1F)N1CCN(Cc2n[nH]c(=O)[nH]2)CC1. The maximum atomic E-state index is 14.1. The molecule has 2 N–H and O–H groups in total. The maximum Gasteiger partial charge on any atom is 0.340 e. The summed E-state index contributed by atoms with van der Waals surface area (Å²) in [4.78, 5) is 18.1. The molecule has 1 aliphatic rings. The van der Waals surface area contributed by atoms with Crippen LogP contribution in [0.25, 0.3) is 0 Å². The number of H-pyrrole nitrogens is 2. The lowest BCUT2D eigenvalue weighted by molar-refractivity contribution is 0.0867. The molecule has 0 radical (unpaired) electrons. The molecular formula is C16H21F2N5O. The Kier molecular flexibility index (Phi) is 5.06. The van der Waals surface area contributed by atoms with E-state index >= 15 is 0 Å². The van der Waals surface area contributed by atoms with E-state index in [9.17, 15) is 13.6 Å². The molecule has 6 nitrogen and oxygen atoms in total. The normalized spacial score (nSPS) is 18.0. The third-order valence-electron chi connectivity index (χ3n) is 4.48. The van der Waals surface area contributed by atoms with E-state index in [4.69, 9.17) is 0 Å². The highest BCUT2D eigenvalue weighted by Gasteiger charge is 2.26. The van der Waals surface area contributed by atoms with Gasteiger partial charge in [-0.15, -0.1) is 0 Å². The molecule has 24 heavy (non-hydrogen) atoms. The minimum absolute atomic E-state index is 0.0575. The summed E-state index contributed by atoms with van der Waals surface area (Å²) in [7, 11) is 0. The molecule has 2 aromatic rings. The Hall–Kier alpha value is -2.06. The number of aromatic amines is 2. The molecule has 0 bridgehead atoms. The summed E-state index contributed by atoms with van der Waals surface area (Å²) in [5.74, 6) is -0.424. The summed E-state index contributed by atoms with van der Waals surface area (Å²) in [5.41, 5.74) is 0.241. The van der Waals surface area contributed by atoms with Gasteiger partial charge in [0.2, 0.25) is 0 Å². The minimum Gasteiger partial charge on any atom is -0.294 e. The van der Waals surface area contributed by atoms with Crippen LogP contribution in [0.3, 0.4) is 0 Å². The largest absolute Gasteiger partial charge is 0.340 e. The summed E-state index contributed by atoms with van der Waals surface area (Å²) in [5, 5.41) is 6.27. The number of hydrogen-bond acceptors (Lipinski definition) is 4. The highest BCUT2D eigenvalue weighted by molar-refractivity contribution is 5.22. The second kappa shape index (κ2) is 7.23. The second-order valence-electron chi connectivity index (χ2n) is 6.03. The third-order valence-corrected chi connectivity index (χ3v) is 4.48. The molecular weight excluding hydrogens is 316 g/mol. The number of hydrogen-bond donors (Lipinski definition) is 2. The number of nitrogens with zero attached hydrogens (tertiary/aromatic N) is 3. The summed E-state index contributed by atoms with van der Waals surface area (Å²) < 4.78 is 27.2. The molecule has 3 rings (SSSR count). The first kappa shape index (κ1) is 16.8. The van der Waals surface area contributed by atoms with E-state index in [1.807, 2.05) is 6.92 Å². The molecule has 1 fully saturated rings.